The molecule has 0 aliphatic heterocycles. The van der Waals surface area contributed by atoms with E-state index in [1.54, 1.807) is 0 Å². The third kappa shape index (κ3) is 13.3. The van der Waals surface area contributed by atoms with Crippen molar-refractivity contribution in [1.82, 2.24) is 4.90 Å². The van der Waals surface area contributed by atoms with Crippen molar-refractivity contribution in [2.75, 3.05) is 13.1 Å². The molecule has 0 atom stereocenters. The van der Waals surface area contributed by atoms with Crippen LogP contribution in [0.1, 0.15) is 52.4 Å². The Kier molecular flexibility index (Phi) is 22.7. The van der Waals surface area contributed by atoms with Crippen molar-refractivity contribution < 1.29 is 19.5 Å². The molecule has 0 aliphatic carbocycles. The minimum absolute atomic E-state index is 0. The fourth-order valence-electron chi connectivity index (χ4n) is 1.41. The Labute approximate surface area is 132 Å². The van der Waals surface area contributed by atoms with E-state index in [0.717, 1.165) is 17.4 Å². The first-order chi connectivity index (χ1) is 6.72. The summed E-state index contributed by atoms with van der Waals surface area (Å²) in [6.45, 7) is 6.61. The predicted molar refractivity (Wildman–Crippen MR) is 79.6 cm³/mol. The number of hydrogen-bond acceptors (Lipinski definition) is 1. The standard InChI is InChI=1S/C11H23NS2.S.Zn/c1-3-5-7-9-12(11(13)14)10-8-6-4-2;;/h3-10H2,1-2H3,(H,13,14);;/q;-2;+2. The SMILES string of the molecule is CCCCCN(CCCCC)C(=S)S.[S-2].[Zn+2]. The van der Waals surface area contributed by atoms with Crippen molar-refractivity contribution in [3.63, 3.8) is 0 Å². The van der Waals surface area contributed by atoms with Crippen LogP contribution in [0.2, 0.25) is 0 Å². The van der Waals surface area contributed by atoms with Crippen LogP contribution in [0.3, 0.4) is 0 Å². The first kappa shape index (κ1) is 22.4. The molecule has 5 heteroatoms. The van der Waals surface area contributed by atoms with Gasteiger partial charge in [0, 0.05) is 13.1 Å². The van der Waals surface area contributed by atoms with E-state index in [1.807, 2.05) is 0 Å². The molecule has 0 aromatic rings. The molecule has 0 radical (unpaired) electrons. The summed E-state index contributed by atoms with van der Waals surface area (Å²) in [7, 11) is 0. The molecule has 0 aromatic carbocycles. The summed E-state index contributed by atoms with van der Waals surface area (Å²) in [5, 5.41) is 0. The molecule has 0 rings (SSSR count). The smallest absolute Gasteiger partial charge is 2.00 e. The van der Waals surface area contributed by atoms with Crippen LogP contribution in [0.4, 0.5) is 0 Å². The molecule has 0 fully saturated rings. The van der Waals surface area contributed by atoms with Crippen LogP contribution in [-0.4, -0.2) is 22.3 Å². The van der Waals surface area contributed by atoms with Gasteiger partial charge < -0.3 is 18.4 Å². The quantitative estimate of drug-likeness (QED) is 0.311. The largest absolute Gasteiger partial charge is 2.00 e. The summed E-state index contributed by atoms with van der Waals surface area (Å²) < 4.78 is 0.761. The second-order valence-electron chi connectivity index (χ2n) is 3.68. The van der Waals surface area contributed by atoms with Crippen LogP contribution >= 0.6 is 24.8 Å². The molecule has 0 heterocycles. The van der Waals surface area contributed by atoms with Gasteiger partial charge in [-0.3, -0.25) is 0 Å². The van der Waals surface area contributed by atoms with Crippen molar-refractivity contribution in [3.05, 3.63) is 0 Å². The van der Waals surface area contributed by atoms with Crippen LogP contribution in [0, 0.1) is 0 Å². The van der Waals surface area contributed by atoms with Crippen molar-refractivity contribution in [2.45, 2.75) is 52.4 Å². The number of thiocarbonyl (C=S) groups is 1. The van der Waals surface area contributed by atoms with E-state index in [9.17, 15) is 0 Å². The maximum absolute atomic E-state index is 5.11. The van der Waals surface area contributed by atoms with Gasteiger partial charge in [-0.15, -0.1) is 12.6 Å². The zero-order valence-corrected chi connectivity index (χ0v) is 16.1. The van der Waals surface area contributed by atoms with Crippen molar-refractivity contribution in [1.29, 1.82) is 0 Å². The van der Waals surface area contributed by atoms with Gasteiger partial charge in [-0.2, -0.15) is 0 Å². The first-order valence-electron chi connectivity index (χ1n) is 5.70. The van der Waals surface area contributed by atoms with Gasteiger partial charge in [-0.05, 0) is 12.8 Å². The topological polar surface area (TPSA) is 3.24 Å². The van der Waals surface area contributed by atoms with E-state index >= 15 is 0 Å². The van der Waals surface area contributed by atoms with Crippen molar-refractivity contribution in [2.24, 2.45) is 0 Å². The minimum Gasteiger partial charge on any atom is -2.00 e. The second-order valence-corrected chi connectivity index (χ2v) is 4.80. The molecular formula is C11H23NS3Zn. The van der Waals surface area contributed by atoms with Gasteiger partial charge in [-0.1, -0.05) is 51.7 Å². The Morgan fingerprint density at radius 3 is 1.62 bits per heavy atom. The van der Waals surface area contributed by atoms with E-state index < -0.39 is 0 Å². The Morgan fingerprint density at radius 1 is 1.00 bits per heavy atom. The molecular weight excluding hydrogens is 308 g/mol. The fraction of sp³-hybridized carbons (Fsp3) is 0.909. The molecule has 0 aromatic heterocycles. The maximum Gasteiger partial charge on any atom is 2.00 e. The number of thiol groups is 1. The summed E-state index contributed by atoms with van der Waals surface area (Å²) in [5.41, 5.74) is 0. The molecule has 0 saturated carbocycles. The van der Waals surface area contributed by atoms with E-state index in [4.69, 9.17) is 12.2 Å². The van der Waals surface area contributed by atoms with E-state index in [2.05, 4.69) is 31.4 Å². The summed E-state index contributed by atoms with van der Waals surface area (Å²) >= 11 is 9.36. The third-order valence-electron chi connectivity index (χ3n) is 2.33. The van der Waals surface area contributed by atoms with Gasteiger partial charge in [0.05, 0.1) is 0 Å². The molecule has 16 heavy (non-hydrogen) atoms. The number of nitrogens with zero attached hydrogens (tertiary/aromatic N) is 1. The zero-order valence-electron chi connectivity index (χ0n) is 10.6. The summed E-state index contributed by atoms with van der Waals surface area (Å²) in [6, 6.07) is 0. The Balaban J connectivity index is -0.000000845. The Morgan fingerprint density at radius 2 is 1.38 bits per heavy atom. The third-order valence-corrected chi connectivity index (χ3v) is 2.87. The molecule has 0 unspecified atom stereocenters. The number of hydrogen-bond donors (Lipinski definition) is 1. The molecule has 0 aliphatic rings. The minimum atomic E-state index is 0. The summed E-state index contributed by atoms with van der Waals surface area (Å²) in [6.07, 6.45) is 7.60. The maximum atomic E-state index is 5.11. The van der Waals surface area contributed by atoms with Crippen LogP contribution in [0.5, 0.6) is 0 Å². The fourth-order valence-corrected chi connectivity index (χ4v) is 1.79. The van der Waals surface area contributed by atoms with Crippen LogP contribution in [-0.2, 0) is 33.0 Å². The molecule has 0 spiro atoms. The molecule has 92 valence electrons. The van der Waals surface area contributed by atoms with Gasteiger partial charge in [0.2, 0.25) is 0 Å². The normalized spacial score (nSPS) is 8.94. The second kappa shape index (κ2) is 16.2. The predicted octanol–water partition coefficient (Wildman–Crippen LogP) is 3.88. The first-order valence-corrected chi connectivity index (χ1v) is 6.55. The molecule has 0 bridgehead atoms. The zero-order chi connectivity index (χ0) is 10.8. The monoisotopic (exact) mass is 329 g/mol. The van der Waals surface area contributed by atoms with Crippen molar-refractivity contribution >= 4 is 42.7 Å². The number of rotatable bonds is 8. The Bertz CT molecular complexity index is 146. The molecule has 0 saturated heterocycles. The van der Waals surface area contributed by atoms with Crippen LogP contribution in [0.25, 0.3) is 0 Å². The number of unbranched alkanes of at least 4 members (excludes halogenated alkanes) is 4. The van der Waals surface area contributed by atoms with Gasteiger partial charge >= 0.3 is 19.5 Å². The van der Waals surface area contributed by atoms with Gasteiger partial charge in [0.25, 0.3) is 0 Å². The van der Waals surface area contributed by atoms with Gasteiger partial charge in [0.1, 0.15) is 4.32 Å². The van der Waals surface area contributed by atoms with Gasteiger partial charge in [-0.25, -0.2) is 0 Å². The summed E-state index contributed by atoms with van der Waals surface area (Å²) in [4.78, 5) is 2.23. The molecule has 0 amide bonds. The van der Waals surface area contributed by atoms with Crippen LogP contribution in [0.15, 0.2) is 0 Å². The Hall–Kier alpha value is 1.21. The van der Waals surface area contributed by atoms with E-state index in [0.29, 0.717) is 0 Å². The van der Waals surface area contributed by atoms with Gasteiger partial charge in [0.15, 0.2) is 0 Å². The van der Waals surface area contributed by atoms with Crippen molar-refractivity contribution in [3.8, 4) is 0 Å². The molecule has 0 N–H and O–H groups in total. The van der Waals surface area contributed by atoms with Crippen LogP contribution < -0.4 is 0 Å². The van der Waals surface area contributed by atoms with E-state index in [1.165, 1.54) is 38.5 Å². The summed E-state index contributed by atoms with van der Waals surface area (Å²) in [5.74, 6) is 0. The van der Waals surface area contributed by atoms with E-state index in [-0.39, 0.29) is 33.0 Å². The average Bonchev–Trinajstić information content (AvgIpc) is 2.15. The molecule has 1 nitrogen and oxygen atoms in total. The average molecular weight is 331 g/mol.